The Labute approximate surface area is 155 Å². The van der Waals surface area contributed by atoms with Gasteiger partial charge in [0.25, 0.3) is 5.91 Å². The Bertz CT molecular complexity index is 824. The highest BCUT2D eigenvalue weighted by atomic mass is 35.5. The van der Waals surface area contributed by atoms with Crippen LogP contribution in [0.3, 0.4) is 0 Å². The fourth-order valence-corrected chi connectivity index (χ4v) is 7.05. The third-order valence-electron chi connectivity index (χ3n) is 3.96. The van der Waals surface area contributed by atoms with Crippen LogP contribution in [-0.4, -0.2) is 42.3 Å². The Hall–Kier alpha value is -0.760. The van der Waals surface area contributed by atoms with Crippen LogP contribution in [0.4, 0.5) is 5.69 Å². The second-order valence-corrected chi connectivity index (χ2v) is 10.3. The summed E-state index contributed by atoms with van der Waals surface area (Å²) in [4.78, 5) is 18.0. The number of sulfone groups is 1. The van der Waals surface area contributed by atoms with Gasteiger partial charge in [-0.3, -0.25) is 4.79 Å². The summed E-state index contributed by atoms with van der Waals surface area (Å²) >= 11 is 13.8. The predicted molar refractivity (Wildman–Crippen MR) is 100 cm³/mol. The highest BCUT2D eigenvalue weighted by Crippen LogP contribution is 2.44. The Balaban J connectivity index is 2.08. The van der Waals surface area contributed by atoms with Crippen LogP contribution in [0.1, 0.15) is 13.8 Å². The number of carbonyl (C=O) groups is 1. The number of hydrogen-bond donors (Lipinski definition) is 0. The molecule has 5 nitrogen and oxygen atoms in total. The minimum absolute atomic E-state index is 0.0163. The molecule has 2 atom stereocenters. The van der Waals surface area contributed by atoms with Gasteiger partial charge >= 0.3 is 0 Å². The van der Waals surface area contributed by atoms with Gasteiger partial charge in [0.15, 0.2) is 15.0 Å². The maximum Gasteiger partial charge on any atom is 0.250 e. The monoisotopic (exact) mass is 406 g/mol. The van der Waals surface area contributed by atoms with E-state index in [1.54, 1.807) is 36.9 Å². The molecule has 2 fully saturated rings. The van der Waals surface area contributed by atoms with Crippen molar-refractivity contribution in [3.63, 3.8) is 0 Å². The van der Waals surface area contributed by atoms with Crippen molar-refractivity contribution in [1.82, 2.24) is 0 Å². The molecule has 2 saturated heterocycles. The first-order chi connectivity index (χ1) is 11.2. The van der Waals surface area contributed by atoms with E-state index in [4.69, 9.17) is 23.2 Å². The molecule has 9 heteroatoms. The largest absolute Gasteiger partial charge is 0.314 e. The quantitative estimate of drug-likeness (QED) is 0.753. The van der Waals surface area contributed by atoms with Gasteiger partial charge in [0.2, 0.25) is 0 Å². The van der Waals surface area contributed by atoms with Crippen molar-refractivity contribution >= 4 is 61.6 Å². The summed E-state index contributed by atoms with van der Waals surface area (Å²) in [6.07, 6.45) is 0. The van der Waals surface area contributed by atoms with Crippen molar-refractivity contribution in [2.45, 2.75) is 25.1 Å². The smallest absolute Gasteiger partial charge is 0.250 e. The number of aliphatic imine (C=N–C) groups is 1. The van der Waals surface area contributed by atoms with Gasteiger partial charge in [0.1, 0.15) is 0 Å². The number of carbonyl (C=O) groups excluding carboxylic acids is 1. The molecular weight excluding hydrogens is 391 g/mol. The molecule has 2 aliphatic rings. The summed E-state index contributed by atoms with van der Waals surface area (Å²) in [6.45, 7) is 3.54. The first kappa shape index (κ1) is 18.0. The lowest BCUT2D eigenvalue weighted by atomic mass is 10.2. The lowest BCUT2D eigenvalue weighted by Gasteiger charge is -2.25. The second kappa shape index (κ2) is 6.52. The Morgan fingerprint density at radius 3 is 2.71 bits per heavy atom. The summed E-state index contributed by atoms with van der Waals surface area (Å²) in [7, 11) is -3.12. The van der Waals surface area contributed by atoms with E-state index in [1.165, 1.54) is 11.8 Å². The summed E-state index contributed by atoms with van der Waals surface area (Å²) < 4.78 is 24.0. The maximum absolute atomic E-state index is 12.1. The highest BCUT2D eigenvalue weighted by molar-refractivity contribution is 8.16. The van der Waals surface area contributed by atoms with Crippen molar-refractivity contribution in [1.29, 1.82) is 0 Å². The van der Waals surface area contributed by atoms with Crippen LogP contribution in [0, 0.1) is 5.92 Å². The molecule has 1 aromatic carbocycles. The number of amidine groups is 1. The Morgan fingerprint density at radius 1 is 1.33 bits per heavy atom. The van der Waals surface area contributed by atoms with Gasteiger partial charge in [0, 0.05) is 11.2 Å². The Kier molecular flexibility index (Phi) is 4.90. The van der Waals surface area contributed by atoms with Crippen LogP contribution in [0.25, 0.3) is 0 Å². The number of fused-ring (bicyclic) bond motifs is 1. The molecule has 2 aliphatic heterocycles. The fourth-order valence-electron chi connectivity index (χ4n) is 2.75. The van der Waals surface area contributed by atoms with E-state index in [2.05, 4.69) is 4.99 Å². The number of halogens is 2. The number of anilines is 1. The summed E-state index contributed by atoms with van der Waals surface area (Å²) in [5, 5.41) is 1.03. The van der Waals surface area contributed by atoms with Crippen LogP contribution in [-0.2, 0) is 14.6 Å². The topological polar surface area (TPSA) is 66.8 Å². The Morgan fingerprint density at radius 2 is 2.04 bits per heavy atom. The zero-order chi connectivity index (χ0) is 17.6. The lowest BCUT2D eigenvalue weighted by molar-refractivity contribution is -0.120. The summed E-state index contributed by atoms with van der Waals surface area (Å²) in [6, 6.07) is 4.87. The van der Waals surface area contributed by atoms with Crippen LogP contribution < -0.4 is 4.90 Å². The van der Waals surface area contributed by atoms with E-state index in [0.717, 1.165) is 0 Å². The van der Waals surface area contributed by atoms with Crippen LogP contribution in [0.15, 0.2) is 23.2 Å². The molecular formula is C15H16Cl2N2O3S2. The fraction of sp³-hybridized carbons (Fsp3) is 0.467. The first-order valence-electron chi connectivity index (χ1n) is 7.42. The van der Waals surface area contributed by atoms with Crippen molar-refractivity contribution in [2.75, 3.05) is 16.4 Å². The van der Waals surface area contributed by atoms with E-state index in [-0.39, 0.29) is 34.6 Å². The van der Waals surface area contributed by atoms with Crippen LogP contribution in [0.2, 0.25) is 10.0 Å². The molecule has 1 aromatic rings. The predicted octanol–water partition coefficient (Wildman–Crippen LogP) is 3.25. The van der Waals surface area contributed by atoms with Gasteiger partial charge in [-0.15, -0.1) is 0 Å². The summed E-state index contributed by atoms with van der Waals surface area (Å²) in [5.74, 6) is -0.392. The SMILES string of the molecule is CC(C)C(=O)N=C1S[C@H]2CS(=O)(=O)C[C@H]2N1c1cccc(Cl)c1Cl. The average molecular weight is 407 g/mol. The van der Waals surface area contributed by atoms with Crippen molar-refractivity contribution in [3.05, 3.63) is 28.2 Å². The van der Waals surface area contributed by atoms with E-state index in [0.29, 0.717) is 20.9 Å². The second-order valence-electron chi connectivity index (χ2n) is 6.13. The third-order valence-corrected chi connectivity index (χ3v) is 7.98. The minimum atomic E-state index is -3.12. The molecule has 130 valence electrons. The van der Waals surface area contributed by atoms with Gasteiger partial charge < -0.3 is 4.90 Å². The van der Waals surface area contributed by atoms with Gasteiger partial charge in [0.05, 0.1) is 33.3 Å². The minimum Gasteiger partial charge on any atom is -0.314 e. The molecule has 0 unspecified atom stereocenters. The van der Waals surface area contributed by atoms with Crippen molar-refractivity contribution < 1.29 is 13.2 Å². The number of thioether (sulfide) groups is 1. The zero-order valence-electron chi connectivity index (χ0n) is 13.1. The van der Waals surface area contributed by atoms with E-state index in [1.807, 2.05) is 0 Å². The average Bonchev–Trinajstić information content (AvgIpc) is 2.93. The van der Waals surface area contributed by atoms with E-state index >= 15 is 0 Å². The lowest BCUT2D eigenvalue weighted by Crippen LogP contribution is -2.38. The molecule has 2 heterocycles. The van der Waals surface area contributed by atoms with Crippen molar-refractivity contribution in [3.8, 4) is 0 Å². The first-order valence-corrected chi connectivity index (χ1v) is 10.9. The van der Waals surface area contributed by atoms with Crippen LogP contribution in [0.5, 0.6) is 0 Å². The zero-order valence-corrected chi connectivity index (χ0v) is 16.2. The molecule has 0 radical (unpaired) electrons. The molecule has 0 aliphatic carbocycles. The number of rotatable bonds is 2. The van der Waals surface area contributed by atoms with Gasteiger partial charge in [-0.1, -0.05) is 54.9 Å². The van der Waals surface area contributed by atoms with Gasteiger partial charge in [-0.2, -0.15) is 4.99 Å². The number of hydrogen-bond acceptors (Lipinski definition) is 4. The highest BCUT2D eigenvalue weighted by Gasteiger charge is 2.49. The third kappa shape index (κ3) is 3.31. The number of amides is 1. The molecule has 1 amide bonds. The number of benzene rings is 1. The summed E-state index contributed by atoms with van der Waals surface area (Å²) in [5.41, 5.74) is 0.580. The molecule has 0 bridgehead atoms. The molecule has 0 spiro atoms. The molecule has 0 aromatic heterocycles. The molecule has 0 saturated carbocycles. The molecule has 0 N–H and O–H groups in total. The van der Waals surface area contributed by atoms with Crippen molar-refractivity contribution in [2.24, 2.45) is 10.9 Å². The normalized spacial score (nSPS) is 27.0. The molecule has 3 rings (SSSR count). The standard InChI is InChI=1S/C15H16Cl2N2O3S2/c1-8(2)14(20)18-15-19(10-5-3-4-9(16)13(10)17)11-6-24(21,22)7-12(11)23-15/h3-5,8,11-12H,6-7H2,1-2H3/t11-,12+/m1/s1. The van der Waals surface area contributed by atoms with Gasteiger partial charge in [-0.25, -0.2) is 8.42 Å². The molecule has 24 heavy (non-hydrogen) atoms. The van der Waals surface area contributed by atoms with Gasteiger partial charge in [-0.05, 0) is 12.1 Å². The van der Waals surface area contributed by atoms with Crippen LogP contribution >= 0.6 is 35.0 Å². The number of nitrogens with zero attached hydrogens (tertiary/aromatic N) is 2. The van der Waals surface area contributed by atoms with E-state index in [9.17, 15) is 13.2 Å². The maximum atomic E-state index is 12.1. The van der Waals surface area contributed by atoms with E-state index < -0.39 is 9.84 Å².